The minimum Gasteiger partial charge on any atom is -0.368 e. The molecule has 1 N–H and O–H groups in total. The van der Waals surface area contributed by atoms with Crippen molar-refractivity contribution >= 4 is 22.5 Å². The molecule has 132 valence electrons. The first-order valence-corrected chi connectivity index (χ1v) is 8.97. The Morgan fingerprint density at radius 3 is 3.08 bits per heavy atom. The zero-order valence-electron chi connectivity index (χ0n) is 14.9. The van der Waals surface area contributed by atoms with Crippen molar-refractivity contribution in [2.24, 2.45) is 0 Å². The molecular formula is C21H22N4O. The Hall–Kier alpha value is -2.95. The molecule has 0 unspecified atom stereocenters. The highest BCUT2D eigenvalue weighted by Crippen LogP contribution is 2.20. The number of rotatable bonds is 4. The van der Waals surface area contributed by atoms with E-state index in [1.807, 2.05) is 49.6 Å². The maximum absolute atomic E-state index is 12.4. The average Bonchev–Trinajstić information content (AvgIpc) is 3.10. The lowest BCUT2D eigenvalue weighted by molar-refractivity contribution is -0.121. The molecule has 1 aliphatic rings. The summed E-state index contributed by atoms with van der Waals surface area (Å²) in [5.74, 6) is 0.0644. The summed E-state index contributed by atoms with van der Waals surface area (Å²) in [6.45, 7) is 3.82. The minimum absolute atomic E-state index is 0.0644. The minimum atomic E-state index is 0.0644. The lowest BCUT2D eigenvalue weighted by Crippen LogP contribution is -2.38. The number of nitrogens with one attached hydrogen (secondary N) is 1. The van der Waals surface area contributed by atoms with Crippen molar-refractivity contribution in [2.75, 3.05) is 18.0 Å². The second-order valence-corrected chi connectivity index (χ2v) is 6.93. The highest BCUT2D eigenvalue weighted by atomic mass is 16.1. The largest absolute Gasteiger partial charge is 0.368 e. The van der Waals surface area contributed by atoms with E-state index in [1.54, 1.807) is 6.20 Å². The monoisotopic (exact) mass is 346 g/mol. The molecule has 4 rings (SSSR count). The van der Waals surface area contributed by atoms with Crippen molar-refractivity contribution in [1.82, 2.24) is 15.3 Å². The zero-order chi connectivity index (χ0) is 17.9. The molecule has 26 heavy (non-hydrogen) atoms. The second kappa shape index (κ2) is 7.12. The van der Waals surface area contributed by atoms with Crippen LogP contribution in [0.5, 0.6) is 0 Å². The molecule has 1 atom stereocenters. The Balaban J connectivity index is 1.36. The van der Waals surface area contributed by atoms with Crippen LogP contribution in [0.4, 0.5) is 5.69 Å². The summed E-state index contributed by atoms with van der Waals surface area (Å²) in [6, 6.07) is 12.3. The number of anilines is 1. The number of amides is 1. The number of carbonyl (C=O) groups is 1. The Bertz CT molecular complexity index is 940. The molecule has 1 aliphatic heterocycles. The number of hydrogen-bond acceptors (Lipinski definition) is 4. The lowest BCUT2D eigenvalue weighted by Gasteiger charge is -2.19. The molecule has 5 heteroatoms. The first-order valence-electron chi connectivity index (χ1n) is 8.97. The summed E-state index contributed by atoms with van der Waals surface area (Å²) in [5.41, 5.74) is 4.20. The van der Waals surface area contributed by atoms with Gasteiger partial charge in [0, 0.05) is 36.9 Å². The van der Waals surface area contributed by atoms with E-state index in [4.69, 9.17) is 0 Å². The van der Waals surface area contributed by atoms with Crippen molar-refractivity contribution in [3.05, 3.63) is 66.1 Å². The van der Waals surface area contributed by atoms with Crippen molar-refractivity contribution in [2.45, 2.75) is 25.8 Å². The summed E-state index contributed by atoms with van der Waals surface area (Å²) in [5, 5.41) is 4.26. The van der Waals surface area contributed by atoms with Crippen LogP contribution in [-0.4, -0.2) is 35.0 Å². The fourth-order valence-electron chi connectivity index (χ4n) is 3.51. The van der Waals surface area contributed by atoms with Gasteiger partial charge < -0.3 is 10.2 Å². The third-order valence-corrected chi connectivity index (χ3v) is 4.81. The van der Waals surface area contributed by atoms with Gasteiger partial charge in [0.2, 0.25) is 5.91 Å². The van der Waals surface area contributed by atoms with Crippen LogP contribution in [0.1, 0.15) is 17.5 Å². The van der Waals surface area contributed by atoms with Crippen LogP contribution in [0.25, 0.3) is 10.9 Å². The molecule has 0 saturated carbocycles. The van der Waals surface area contributed by atoms with Gasteiger partial charge in [0.1, 0.15) is 0 Å². The van der Waals surface area contributed by atoms with Gasteiger partial charge in [-0.25, -0.2) is 0 Å². The van der Waals surface area contributed by atoms with Gasteiger partial charge in [-0.2, -0.15) is 0 Å². The van der Waals surface area contributed by atoms with E-state index in [0.29, 0.717) is 6.42 Å². The van der Waals surface area contributed by atoms with Gasteiger partial charge in [-0.3, -0.25) is 14.8 Å². The van der Waals surface area contributed by atoms with Gasteiger partial charge in [0.05, 0.1) is 23.8 Å². The number of fused-ring (bicyclic) bond motifs is 1. The van der Waals surface area contributed by atoms with Crippen molar-refractivity contribution < 1.29 is 4.79 Å². The van der Waals surface area contributed by atoms with Crippen LogP contribution >= 0.6 is 0 Å². The molecule has 0 aliphatic carbocycles. The topological polar surface area (TPSA) is 58.1 Å². The van der Waals surface area contributed by atoms with Crippen molar-refractivity contribution in [1.29, 1.82) is 0 Å². The van der Waals surface area contributed by atoms with E-state index in [2.05, 4.69) is 26.3 Å². The summed E-state index contributed by atoms with van der Waals surface area (Å²) in [7, 11) is 0. The van der Waals surface area contributed by atoms with Gasteiger partial charge in [0.15, 0.2) is 0 Å². The molecular weight excluding hydrogens is 324 g/mol. The van der Waals surface area contributed by atoms with Crippen LogP contribution in [0.2, 0.25) is 0 Å². The van der Waals surface area contributed by atoms with E-state index < -0.39 is 0 Å². The van der Waals surface area contributed by atoms with E-state index in [-0.39, 0.29) is 11.9 Å². The third-order valence-electron chi connectivity index (χ3n) is 4.81. The molecule has 0 spiro atoms. The summed E-state index contributed by atoms with van der Waals surface area (Å²) in [6.07, 6.45) is 6.87. The maximum Gasteiger partial charge on any atom is 0.224 e. The quantitative estimate of drug-likeness (QED) is 0.789. The number of pyridine rings is 2. The van der Waals surface area contributed by atoms with Gasteiger partial charge in [-0.15, -0.1) is 0 Å². The van der Waals surface area contributed by atoms with Crippen molar-refractivity contribution in [3.63, 3.8) is 0 Å². The second-order valence-electron chi connectivity index (χ2n) is 6.93. The summed E-state index contributed by atoms with van der Waals surface area (Å²) in [4.78, 5) is 23.3. The Kier molecular flexibility index (Phi) is 4.52. The van der Waals surface area contributed by atoms with Gasteiger partial charge in [-0.1, -0.05) is 18.2 Å². The Labute approximate surface area is 153 Å². The molecule has 1 amide bonds. The Morgan fingerprint density at radius 1 is 1.27 bits per heavy atom. The molecule has 0 radical (unpaired) electrons. The SMILES string of the molecule is Cc1cncc(N2CC[C@@H](NC(=O)Cc3ccc4cccnc4c3)C2)c1. The summed E-state index contributed by atoms with van der Waals surface area (Å²) < 4.78 is 0. The van der Waals surface area contributed by atoms with E-state index in [1.165, 1.54) is 0 Å². The lowest BCUT2D eigenvalue weighted by atomic mass is 10.1. The maximum atomic E-state index is 12.4. The normalized spacial score (nSPS) is 16.8. The first kappa shape index (κ1) is 16.5. The predicted octanol–water partition coefficient (Wildman–Crippen LogP) is 2.88. The van der Waals surface area contributed by atoms with E-state index in [0.717, 1.165) is 47.2 Å². The van der Waals surface area contributed by atoms with Crippen molar-refractivity contribution in [3.8, 4) is 0 Å². The van der Waals surface area contributed by atoms with E-state index in [9.17, 15) is 4.79 Å². The highest BCUT2D eigenvalue weighted by molar-refractivity contribution is 5.83. The first-order chi connectivity index (χ1) is 12.7. The van der Waals surface area contributed by atoms with Crippen LogP contribution in [0.3, 0.4) is 0 Å². The molecule has 0 bridgehead atoms. The highest BCUT2D eigenvalue weighted by Gasteiger charge is 2.24. The molecule has 2 aromatic heterocycles. The molecule has 3 aromatic rings. The fourth-order valence-corrected chi connectivity index (χ4v) is 3.51. The predicted molar refractivity (Wildman–Crippen MR) is 103 cm³/mol. The van der Waals surface area contributed by atoms with Crippen LogP contribution in [0.15, 0.2) is 55.0 Å². The number of carbonyl (C=O) groups excluding carboxylic acids is 1. The number of benzene rings is 1. The molecule has 1 fully saturated rings. The molecule has 5 nitrogen and oxygen atoms in total. The zero-order valence-corrected chi connectivity index (χ0v) is 14.9. The molecule has 3 heterocycles. The third kappa shape index (κ3) is 3.67. The number of hydrogen-bond donors (Lipinski definition) is 1. The Morgan fingerprint density at radius 2 is 2.19 bits per heavy atom. The smallest absolute Gasteiger partial charge is 0.224 e. The van der Waals surface area contributed by atoms with Crippen LogP contribution in [-0.2, 0) is 11.2 Å². The summed E-state index contributed by atoms with van der Waals surface area (Å²) >= 11 is 0. The van der Waals surface area contributed by atoms with Crippen LogP contribution < -0.4 is 10.2 Å². The number of aromatic nitrogens is 2. The number of nitrogens with zero attached hydrogens (tertiary/aromatic N) is 3. The van der Waals surface area contributed by atoms with Gasteiger partial charge in [0.25, 0.3) is 0 Å². The fraction of sp³-hybridized carbons (Fsp3) is 0.286. The molecule has 1 saturated heterocycles. The average molecular weight is 346 g/mol. The number of aryl methyl sites for hydroxylation is 1. The van der Waals surface area contributed by atoms with Gasteiger partial charge >= 0.3 is 0 Å². The van der Waals surface area contributed by atoms with Crippen LogP contribution in [0, 0.1) is 6.92 Å². The standard InChI is InChI=1S/C21H22N4O/c1-15-9-19(13-22-12-15)25-8-6-18(14-25)24-21(26)11-16-4-5-17-3-2-7-23-20(17)10-16/h2-5,7,9-10,12-13,18H,6,8,11,14H2,1H3,(H,24,26)/t18-/m1/s1. The van der Waals surface area contributed by atoms with E-state index >= 15 is 0 Å². The molecule has 1 aromatic carbocycles. The van der Waals surface area contributed by atoms with Gasteiger partial charge in [-0.05, 0) is 42.7 Å².